The number of H-pyrrole nitrogens is 2. The predicted molar refractivity (Wildman–Crippen MR) is 105 cm³/mol. The third kappa shape index (κ3) is 3.64. The van der Waals surface area contributed by atoms with Gasteiger partial charge in [0.15, 0.2) is 0 Å². The lowest BCUT2D eigenvalue weighted by molar-refractivity contribution is 0.563. The molecular formula is C20H15F2N3O3S. The van der Waals surface area contributed by atoms with Crippen LogP contribution in [0.5, 0.6) is 0 Å². The maximum atomic E-state index is 14.3. The van der Waals surface area contributed by atoms with Gasteiger partial charge >= 0.3 is 5.69 Å². The summed E-state index contributed by atoms with van der Waals surface area (Å²) < 4.78 is 55.2. The molecule has 0 spiro atoms. The SMILES string of the molecule is O=c1[nH]c2ccc(N(Cc3ccc(F)cc3)S(=O)(=O)c3ccccc3F)cc2[nH]1. The highest BCUT2D eigenvalue weighted by atomic mass is 32.2. The number of imidazole rings is 1. The maximum Gasteiger partial charge on any atom is 0.323 e. The van der Waals surface area contributed by atoms with Crippen LogP contribution in [0.1, 0.15) is 5.56 Å². The number of halogens is 2. The van der Waals surface area contributed by atoms with Gasteiger partial charge in [-0.3, -0.25) is 4.31 Å². The summed E-state index contributed by atoms with van der Waals surface area (Å²) in [5.74, 6) is -1.34. The molecule has 0 amide bonds. The minimum atomic E-state index is -4.29. The topological polar surface area (TPSA) is 86.0 Å². The van der Waals surface area contributed by atoms with Crippen molar-refractivity contribution in [2.75, 3.05) is 4.31 Å². The molecule has 0 unspecified atom stereocenters. The van der Waals surface area contributed by atoms with Gasteiger partial charge in [0.1, 0.15) is 16.5 Å². The highest BCUT2D eigenvalue weighted by Gasteiger charge is 2.28. The second kappa shape index (κ2) is 7.17. The van der Waals surface area contributed by atoms with Crippen LogP contribution in [0.25, 0.3) is 11.0 Å². The van der Waals surface area contributed by atoms with Crippen LogP contribution in [0.3, 0.4) is 0 Å². The van der Waals surface area contributed by atoms with E-state index in [1.54, 1.807) is 6.07 Å². The zero-order valence-electron chi connectivity index (χ0n) is 14.9. The Morgan fingerprint density at radius 1 is 0.862 bits per heavy atom. The number of hydrogen-bond acceptors (Lipinski definition) is 3. The summed E-state index contributed by atoms with van der Waals surface area (Å²) >= 11 is 0. The first-order valence-electron chi connectivity index (χ1n) is 8.58. The number of nitrogens with zero attached hydrogens (tertiary/aromatic N) is 1. The number of rotatable bonds is 5. The van der Waals surface area contributed by atoms with E-state index in [0.717, 1.165) is 10.4 Å². The van der Waals surface area contributed by atoms with E-state index in [9.17, 15) is 22.0 Å². The van der Waals surface area contributed by atoms with E-state index in [1.165, 1.54) is 54.6 Å². The fourth-order valence-electron chi connectivity index (χ4n) is 3.02. The minimum Gasteiger partial charge on any atom is -0.306 e. The van der Waals surface area contributed by atoms with Crippen LogP contribution in [0, 0.1) is 11.6 Å². The van der Waals surface area contributed by atoms with Gasteiger partial charge in [-0.15, -0.1) is 0 Å². The van der Waals surface area contributed by atoms with Crippen molar-refractivity contribution in [3.63, 3.8) is 0 Å². The fraction of sp³-hybridized carbons (Fsp3) is 0.0500. The van der Waals surface area contributed by atoms with Crippen molar-refractivity contribution in [2.45, 2.75) is 11.4 Å². The van der Waals surface area contributed by atoms with Gasteiger partial charge in [0.2, 0.25) is 0 Å². The van der Waals surface area contributed by atoms with Crippen molar-refractivity contribution < 1.29 is 17.2 Å². The molecule has 0 saturated carbocycles. The first-order valence-corrected chi connectivity index (χ1v) is 10.0. The Balaban J connectivity index is 1.86. The lowest BCUT2D eigenvalue weighted by atomic mass is 10.2. The highest BCUT2D eigenvalue weighted by Crippen LogP contribution is 2.29. The molecule has 2 N–H and O–H groups in total. The summed E-state index contributed by atoms with van der Waals surface area (Å²) in [6, 6.07) is 15.0. The number of aromatic amines is 2. The summed E-state index contributed by atoms with van der Waals surface area (Å²) in [4.78, 5) is 16.2. The molecule has 0 radical (unpaired) electrons. The number of hydrogen-bond donors (Lipinski definition) is 2. The van der Waals surface area contributed by atoms with Crippen LogP contribution >= 0.6 is 0 Å². The van der Waals surface area contributed by atoms with E-state index in [2.05, 4.69) is 9.97 Å². The molecule has 0 saturated heterocycles. The first-order chi connectivity index (χ1) is 13.8. The van der Waals surface area contributed by atoms with Crippen LogP contribution in [-0.2, 0) is 16.6 Å². The largest absolute Gasteiger partial charge is 0.323 e. The molecule has 29 heavy (non-hydrogen) atoms. The summed E-state index contributed by atoms with van der Waals surface area (Å²) in [6.07, 6.45) is 0. The van der Waals surface area contributed by atoms with Crippen LogP contribution in [0.4, 0.5) is 14.5 Å². The molecule has 0 aliphatic carbocycles. The van der Waals surface area contributed by atoms with Crippen molar-refractivity contribution in [3.05, 3.63) is 94.4 Å². The van der Waals surface area contributed by atoms with Crippen molar-refractivity contribution >= 4 is 26.7 Å². The molecule has 3 aromatic carbocycles. The molecule has 4 aromatic rings. The van der Waals surface area contributed by atoms with Gasteiger partial charge in [-0.2, -0.15) is 0 Å². The lowest BCUT2D eigenvalue weighted by Crippen LogP contribution is -2.31. The number of fused-ring (bicyclic) bond motifs is 1. The minimum absolute atomic E-state index is 0.156. The molecule has 0 aliphatic heterocycles. The van der Waals surface area contributed by atoms with E-state index in [4.69, 9.17) is 0 Å². The normalized spacial score (nSPS) is 11.7. The van der Waals surface area contributed by atoms with E-state index in [1.807, 2.05) is 0 Å². The summed E-state index contributed by atoms with van der Waals surface area (Å²) in [5.41, 5.74) is 1.21. The van der Waals surface area contributed by atoms with Crippen LogP contribution < -0.4 is 9.99 Å². The van der Waals surface area contributed by atoms with E-state index >= 15 is 0 Å². The Morgan fingerprint density at radius 3 is 2.28 bits per heavy atom. The first kappa shape index (κ1) is 18.9. The summed E-state index contributed by atoms with van der Waals surface area (Å²) in [5, 5.41) is 0. The summed E-state index contributed by atoms with van der Waals surface area (Å²) in [7, 11) is -4.29. The second-order valence-electron chi connectivity index (χ2n) is 6.38. The Kier molecular flexibility index (Phi) is 4.67. The molecule has 6 nitrogen and oxygen atoms in total. The highest BCUT2D eigenvalue weighted by molar-refractivity contribution is 7.92. The average molecular weight is 415 g/mol. The Labute approximate surface area is 164 Å². The van der Waals surface area contributed by atoms with Gasteiger partial charge in [-0.25, -0.2) is 22.0 Å². The Bertz CT molecular complexity index is 1350. The van der Waals surface area contributed by atoms with Crippen LogP contribution in [-0.4, -0.2) is 18.4 Å². The quantitative estimate of drug-likeness (QED) is 0.523. The van der Waals surface area contributed by atoms with Crippen molar-refractivity contribution in [2.24, 2.45) is 0 Å². The number of anilines is 1. The van der Waals surface area contributed by atoms with Gasteiger partial charge in [-0.05, 0) is 48.0 Å². The standard InChI is InChI=1S/C20H15F2N3O3S/c21-14-7-5-13(6-8-14)12-25(29(27,28)19-4-2-1-3-16(19)22)15-9-10-17-18(11-15)24-20(26)23-17/h1-11H,12H2,(H2,23,24,26). The zero-order valence-corrected chi connectivity index (χ0v) is 15.7. The number of benzene rings is 3. The van der Waals surface area contributed by atoms with E-state index in [-0.39, 0.29) is 12.2 Å². The zero-order chi connectivity index (χ0) is 20.6. The second-order valence-corrected chi connectivity index (χ2v) is 8.21. The lowest BCUT2D eigenvalue weighted by Gasteiger charge is -2.25. The van der Waals surface area contributed by atoms with Gasteiger partial charge < -0.3 is 9.97 Å². The van der Waals surface area contributed by atoms with Crippen LogP contribution in [0.2, 0.25) is 0 Å². The monoisotopic (exact) mass is 415 g/mol. The third-order valence-corrected chi connectivity index (χ3v) is 6.24. The number of nitrogens with one attached hydrogen (secondary N) is 2. The molecule has 0 fully saturated rings. The molecule has 148 valence electrons. The predicted octanol–water partition coefficient (Wildman–Crippen LogP) is 3.53. The van der Waals surface area contributed by atoms with Crippen molar-refractivity contribution in [1.29, 1.82) is 0 Å². The molecule has 0 bridgehead atoms. The number of aromatic nitrogens is 2. The molecule has 0 atom stereocenters. The molecule has 9 heteroatoms. The average Bonchev–Trinajstić information content (AvgIpc) is 3.06. The van der Waals surface area contributed by atoms with E-state index < -0.39 is 32.2 Å². The smallest absolute Gasteiger partial charge is 0.306 e. The van der Waals surface area contributed by atoms with Crippen molar-refractivity contribution in [1.82, 2.24) is 9.97 Å². The maximum absolute atomic E-state index is 14.3. The molecular weight excluding hydrogens is 400 g/mol. The Morgan fingerprint density at radius 2 is 1.55 bits per heavy atom. The molecule has 1 aromatic heterocycles. The van der Waals surface area contributed by atoms with Crippen molar-refractivity contribution in [3.8, 4) is 0 Å². The molecule has 0 aliphatic rings. The van der Waals surface area contributed by atoms with Gasteiger partial charge in [-0.1, -0.05) is 24.3 Å². The summed E-state index contributed by atoms with van der Waals surface area (Å²) in [6.45, 7) is -0.156. The van der Waals surface area contributed by atoms with Gasteiger partial charge in [0.05, 0.1) is 23.3 Å². The van der Waals surface area contributed by atoms with Crippen LogP contribution in [0.15, 0.2) is 76.4 Å². The third-order valence-electron chi connectivity index (χ3n) is 4.43. The molecule has 4 rings (SSSR count). The Hall–Kier alpha value is -3.46. The van der Waals surface area contributed by atoms with Gasteiger partial charge in [0, 0.05) is 0 Å². The fourth-order valence-corrected chi connectivity index (χ4v) is 4.53. The van der Waals surface area contributed by atoms with Gasteiger partial charge in [0.25, 0.3) is 10.0 Å². The molecule has 1 heterocycles. The van der Waals surface area contributed by atoms with E-state index in [0.29, 0.717) is 16.6 Å². The number of sulfonamides is 1.